The average Bonchev–Trinajstić information content (AvgIpc) is 3.81. The summed E-state index contributed by atoms with van der Waals surface area (Å²) in [5, 5.41) is 9.80. The summed E-state index contributed by atoms with van der Waals surface area (Å²) in [6.07, 6.45) is 3.43. The summed E-state index contributed by atoms with van der Waals surface area (Å²) in [5.74, 6) is -0.960. The number of aliphatic hydroxyl groups excluding tert-OH is 1. The predicted molar refractivity (Wildman–Crippen MR) is 318 cm³/mol. The van der Waals surface area contributed by atoms with Gasteiger partial charge in [-0.15, -0.1) is 11.6 Å². The molecule has 3 aliphatic rings. The fourth-order valence-electron chi connectivity index (χ4n) is 12.7. The quantitative estimate of drug-likeness (QED) is 0.0397. The van der Waals surface area contributed by atoms with Gasteiger partial charge in [0.2, 0.25) is 0 Å². The van der Waals surface area contributed by atoms with E-state index in [-0.39, 0.29) is 55.1 Å². The molecular formula is C61H107ClO12Si3. The van der Waals surface area contributed by atoms with Crippen molar-refractivity contribution in [1.29, 1.82) is 0 Å². The van der Waals surface area contributed by atoms with Gasteiger partial charge in [-0.25, -0.2) is 0 Å². The molecule has 0 amide bonds. The van der Waals surface area contributed by atoms with Crippen LogP contribution in [0.3, 0.4) is 0 Å². The number of rotatable bonds is 36. The fraction of sp³-hybridized carbons (Fsp3) is 0.803. The van der Waals surface area contributed by atoms with Crippen molar-refractivity contribution in [2.24, 2.45) is 11.8 Å². The Labute approximate surface area is 475 Å². The molecule has 0 bridgehead atoms. The van der Waals surface area contributed by atoms with E-state index in [0.717, 1.165) is 84.1 Å². The van der Waals surface area contributed by atoms with E-state index < -0.39 is 54.1 Å². The molecule has 0 radical (unpaired) electrons. The highest BCUT2D eigenvalue weighted by Crippen LogP contribution is 2.54. The lowest BCUT2D eigenvalue weighted by molar-refractivity contribution is -0.414. The van der Waals surface area contributed by atoms with Crippen molar-refractivity contribution in [3.8, 4) is 5.75 Å². The summed E-state index contributed by atoms with van der Waals surface area (Å²) in [6.45, 7) is 26.8. The SMILES string of the molecule is CC[Si](CC)(CC)O[C@H]([C@@H](OCc1ccc(OC)cc1)[C@H](CCCO)OC)[C@@H](O[Si](CC)(CC)CC)[C@@H](C)CC[C@H]1O[C@@]2(CC[C@H](C)[C@]3(C[C@H](O[Si](CC)(CC)CC)[C@H](CCOCc4ccccc4)O3)O2)C[C@@H](OC)[C@@H]1Cl. The highest BCUT2D eigenvalue weighted by atomic mass is 35.5. The van der Waals surface area contributed by atoms with E-state index in [4.69, 9.17) is 62.8 Å². The van der Waals surface area contributed by atoms with Crippen molar-refractivity contribution >= 4 is 36.6 Å². The number of halogens is 1. The Balaban J connectivity index is 1.49. The third-order valence-corrected chi connectivity index (χ3v) is 33.4. The van der Waals surface area contributed by atoms with Crippen molar-refractivity contribution < 1.29 is 56.3 Å². The normalized spacial score (nSPS) is 27.2. The first-order chi connectivity index (χ1) is 37.1. The van der Waals surface area contributed by atoms with Crippen molar-refractivity contribution in [2.45, 2.75) is 267 Å². The minimum absolute atomic E-state index is 0.00211. The van der Waals surface area contributed by atoms with Crippen LogP contribution in [0.5, 0.6) is 5.75 Å². The summed E-state index contributed by atoms with van der Waals surface area (Å²) in [6, 6.07) is 27.5. The van der Waals surface area contributed by atoms with E-state index in [1.165, 1.54) is 0 Å². The second-order valence-electron chi connectivity index (χ2n) is 22.9. The molecule has 77 heavy (non-hydrogen) atoms. The zero-order chi connectivity index (χ0) is 56.3. The summed E-state index contributed by atoms with van der Waals surface area (Å²) in [7, 11) is -1.42. The van der Waals surface area contributed by atoms with E-state index in [1.54, 1.807) is 21.3 Å². The molecule has 5 rings (SSSR count). The maximum absolute atomic E-state index is 10.2. The fourth-order valence-corrected chi connectivity index (χ4v) is 21.7. The van der Waals surface area contributed by atoms with Gasteiger partial charge < -0.3 is 56.3 Å². The topological polar surface area (TPSA) is 122 Å². The zero-order valence-electron chi connectivity index (χ0n) is 50.4. The molecule has 0 aliphatic carbocycles. The summed E-state index contributed by atoms with van der Waals surface area (Å²) in [5.41, 5.74) is 2.18. The highest BCUT2D eigenvalue weighted by Gasteiger charge is 2.61. The largest absolute Gasteiger partial charge is 0.497 e. The Morgan fingerprint density at radius 3 is 1.83 bits per heavy atom. The number of aliphatic hydroxyl groups is 1. The van der Waals surface area contributed by atoms with Crippen LogP contribution in [-0.2, 0) is 59.6 Å². The Kier molecular flexibility index (Phi) is 27.6. The Hall–Kier alpha value is -1.26. The molecule has 3 aliphatic heterocycles. The third-order valence-electron chi connectivity index (χ3n) is 18.9. The molecule has 3 saturated heterocycles. The molecule has 3 fully saturated rings. The van der Waals surface area contributed by atoms with E-state index in [2.05, 4.69) is 113 Å². The second-order valence-corrected chi connectivity index (χ2v) is 37.6. The van der Waals surface area contributed by atoms with Crippen LogP contribution in [0.2, 0.25) is 54.4 Å². The first-order valence-electron chi connectivity index (χ1n) is 30.3. The number of hydrogen-bond donors (Lipinski definition) is 1. The molecule has 3 heterocycles. The summed E-state index contributed by atoms with van der Waals surface area (Å²) < 4.78 is 77.1. The predicted octanol–water partition coefficient (Wildman–Crippen LogP) is 14.6. The lowest BCUT2D eigenvalue weighted by Gasteiger charge is -2.54. The molecule has 2 spiro atoms. The maximum Gasteiger partial charge on any atom is 0.192 e. The van der Waals surface area contributed by atoms with Gasteiger partial charge in [-0.3, -0.25) is 0 Å². The van der Waals surface area contributed by atoms with E-state index in [9.17, 15) is 5.11 Å². The van der Waals surface area contributed by atoms with E-state index >= 15 is 0 Å². The van der Waals surface area contributed by atoms with Crippen LogP contribution in [-0.4, -0.2) is 130 Å². The summed E-state index contributed by atoms with van der Waals surface area (Å²) in [4.78, 5) is 0. The molecule has 16 heteroatoms. The Morgan fingerprint density at radius 1 is 0.675 bits per heavy atom. The Morgan fingerprint density at radius 2 is 1.27 bits per heavy atom. The monoisotopic (exact) mass is 1150 g/mol. The number of benzene rings is 2. The van der Waals surface area contributed by atoms with Crippen LogP contribution in [0, 0.1) is 11.8 Å². The zero-order valence-corrected chi connectivity index (χ0v) is 54.2. The first-order valence-corrected chi connectivity index (χ1v) is 38.3. The number of hydrogen-bond acceptors (Lipinski definition) is 12. The standard InChI is InChI=1S/C61H107ClO12Si3/c1-15-75(16-2,17-3)71-54-43-61(70-51(54)38-41-67-44-48-28-25-24-26-29-48)47(11)37-39-60(74-61)42-55(66-14)56(62)52(69-60)36-31-46(10)57(72-76(18-4,19-5)20-6)59(73-77(21-7,22-8)23-9)58(53(65-13)30-27-40-63)68-45-49-32-34-50(64-12)35-33-49/h24-26,28-29,32-35,46-47,51-59,63H,15-23,27,30-31,36-45H2,1-14H3/t46-,47-,51-,52+,53-,54-,55+,56+,57-,58-,59-,60+,61-/m0/s1. The minimum atomic E-state index is -2.32. The van der Waals surface area contributed by atoms with Crippen LogP contribution >= 0.6 is 11.6 Å². The van der Waals surface area contributed by atoms with E-state index in [0.29, 0.717) is 64.8 Å². The Bertz CT molecular complexity index is 1900. The lowest BCUT2D eigenvalue weighted by atomic mass is 9.82. The first kappa shape index (κ1) is 66.5. The number of alkyl halides is 1. The number of methoxy groups -OCH3 is 3. The molecule has 2 aromatic carbocycles. The van der Waals surface area contributed by atoms with Crippen molar-refractivity contribution in [1.82, 2.24) is 0 Å². The van der Waals surface area contributed by atoms with E-state index in [1.807, 2.05) is 18.2 Å². The molecule has 442 valence electrons. The molecule has 13 atom stereocenters. The van der Waals surface area contributed by atoms with Gasteiger partial charge in [-0.05, 0) is 122 Å². The van der Waals surface area contributed by atoms with Gasteiger partial charge in [0.05, 0.1) is 68.4 Å². The van der Waals surface area contributed by atoms with Gasteiger partial charge in [-0.2, -0.15) is 0 Å². The maximum atomic E-state index is 10.2. The third kappa shape index (κ3) is 17.2. The van der Waals surface area contributed by atoms with Gasteiger partial charge in [0.15, 0.2) is 36.5 Å². The molecule has 12 nitrogen and oxygen atoms in total. The van der Waals surface area contributed by atoms with Crippen LogP contribution in [0.4, 0.5) is 0 Å². The van der Waals surface area contributed by atoms with Crippen molar-refractivity contribution in [3.05, 3.63) is 65.7 Å². The number of ether oxygens (including phenoxy) is 8. The molecule has 2 aromatic rings. The molecule has 1 N–H and O–H groups in total. The van der Waals surface area contributed by atoms with Crippen LogP contribution in [0.15, 0.2) is 54.6 Å². The molecule has 0 aromatic heterocycles. The van der Waals surface area contributed by atoms with Gasteiger partial charge in [0.25, 0.3) is 0 Å². The van der Waals surface area contributed by atoms with Gasteiger partial charge in [0, 0.05) is 52.6 Å². The lowest BCUT2D eigenvalue weighted by Crippen LogP contribution is -2.61. The van der Waals surface area contributed by atoms with Crippen LogP contribution < -0.4 is 4.74 Å². The summed E-state index contributed by atoms with van der Waals surface area (Å²) >= 11 is 7.56. The van der Waals surface area contributed by atoms with Crippen LogP contribution in [0.25, 0.3) is 0 Å². The average molecular weight is 1150 g/mol. The molecule has 0 unspecified atom stereocenters. The van der Waals surface area contributed by atoms with Gasteiger partial charge in [-0.1, -0.05) is 119 Å². The van der Waals surface area contributed by atoms with Crippen molar-refractivity contribution in [3.63, 3.8) is 0 Å². The highest BCUT2D eigenvalue weighted by molar-refractivity contribution is 6.74. The van der Waals surface area contributed by atoms with Gasteiger partial charge in [0.1, 0.15) is 11.9 Å². The smallest absolute Gasteiger partial charge is 0.192 e. The minimum Gasteiger partial charge on any atom is -0.497 e. The molecular weight excluding hydrogens is 1040 g/mol. The molecule has 0 saturated carbocycles. The van der Waals surface area contributed by atoms with Crippen molar-refractivity contribution in [2.75, 3.05) is 34.5 Å². The second kappa shape index (κ2) is 32.0. The van der Waals surface area contributed by atoms with Crippen LogP contribution in [0.1, 0.15) is 145 Å². The van der Waals surface area contributed by atoms with Gasteiger partial charge >= 0.3 is 0 Å².